The number of carbonyl (C=O) groups excluding carboxylic acids is 1. The summed E-state index contributed by atoms with van der Waals surface area (Å²) in [5.41, 5.74) is 0.504. The molecule has 2 N–H and O–H groups in total. The lowest BCUT2D eigenvalue weighted by atomic mass is 10.3. The van der Waals surface area contributed by atoms with Crippen molar-refractivity contribution in [2.24, 2.45) is 0 Å². The van der Waals surface area contributed by atoms with Crippen LogP contribution in [0.3, 0.4) is 0 Å². The molecule has 0 bridgehead atoms. The second-order valence-electron chi connectivity index (χ2n) is 4.05. The van der Waals surface area contributed by atoms with Crippen LogP contribution in [-0.4, -0.2) is 24.6 Å². The van der Waals surface area contributed by atoms with Crippen molar-refractivity contribution in [2.75, 3.05) is 19.5 Å². The van der Waals surface area contributed by atoms with Gasteiger partial charge in [-0.3, -0.25) is 4.79 Å². The van der Waals surface area contributed by atoms with Crippen molar-refractivity contribution in [3.8, 4) is 17.2 Å². The number of ether oxygens (including phenoxy) is 2. The van der Waals surface area contributed by atoms with E-state index in [1.165, 1.54) is 13.2 Å². The largest absolute Gasteiger partial charge is 0.507 e. The highest BCUT2D eigenvalue weighted by Gasteiger charge is 2.12. The maximum atomic E-state index is 12.0. The van der Waals surface area contributed by atoms with Gasteiger partial charge in [-0.05, 0) is 36.0 Å². The molecule has 0 aliphatic rings. The van der Waals surface area contributed by atoms with Crippen molar-refractivity contribution < 1.29 is 19.4 Å². The van der Waals surface area contributed by atoms with Gasteiger partial charge in [0.05, 0.1) is 24.8 Å². The number of thioether (sulfide) groups is 1. The number of benzene rings is 2. The van der Waals surface area contributed by atoms with E-state index in [2.05, 4.69) is 5.32 Å². The lowest BCUT2D eigenvalue weighted by Gasteiger charge is -2.11. The summed E-state index contributed by atoms with van der Waals surface area (Å²) in [6.45, 7) is 0. The van der Waals surface area contributed by atoms with Gasteiger partial charge in [-0.1, -0.05) is 12.1 Å². The third-order valence-corrected chi connectivity index (χ3v) is 3.56. The molecule has 0 heterocycles. The van der Waals surface area contributed by atoms with Crippen molar-refractivity contribution in [2.45, 2.75) is 4.90 Å². The van der Waals surface area contributed by atoms with E-state index in [1.54, 1.807) is 43.5 Å². The van der Waals surface area contributed by atoms with E-state index in [9.17, 15) is 9.90 Å². The molecular formula is C15H15NO4S. The van der Waals surface area contributed by atoms with Crippen LogP contribution in [0.1, 0.15) is 0 Å². The lowest BCUT2D eigenvalue weighted by molar-refractivity contribution is 0.269. The molecule has 0 aromatic heterocycles. The van der Waals surface area contributed by atoms with Crippen LogP contribution < -0.4 is 14.8 Å². The SMILES string of the molecule is COc1ccc(OC)c(NC(=O)Sc2ccccc2O)c1. The molecule has 6 heteroatoms. The Kier molecular flexibility index (Phi) is 4.94. The van der Waals surface area contributed by atoms with E-state index in [1.807, 2.05) is 0 Å². The average Bonchev–Trinajstić information content (AvgIpc) is 2.49. The van der Waals surface area contributed by atoms with Crippen molar-refractivity contribution in [1.82, 2.24) is 0 Å². The van der Waals surface area contributed by atoms with Crippen LogP contribution in [0.25, 0.3) is 0 Å². The van der Waals surface area contributed by atoms with Gasteiger partial charge in [0, 0.05) is 6.07 Å². The molecule has 0 fully saturated rings. The van der Waals surface area contributed by atoms with E-state index in [0.29, 0.717) is 22.1 Å². The zero-order valence-electron chi connectivity index (χ0n) is 11.6. The average molecular weight is 305 g/mol. The maximum Gasteiger partial charge on any atom is 0.288 e. The first-order valence-electron chi connectivity index (χ1n) is 6.13. The molecule has 2 aromatic rings. The number of rotatable bonds is 4. The van der Waals surface area contributed by atoms with Gasteiger partial charge in [0.2, 0.25) is 0 Å². The van der Waals surface area contributed by atoms with Crippen LogP contribution in [0.4, 0.5) is 10.5 Å². The molecule has 5 nitrogen and oxygen atoms in total. The minimum atomic E-state index is -0.331. The van der Waals surface area contributed by atoms with Crippen molar-refractivity contribution >= 4 is 22.7 Å². The number of hydrogen-bond acceptors (Lipinski definition) is 5. The molecule has 0 aliphatic heterocycles. The van der Waals surface area contributed by atoms with E-state index in [-0.39, 0.29) is 11.0 Å². The Balaban J connectivity index is 2.14. The zero-order chi connectivity index (χ0) is 15.2. The van der Waals surface area contributed by atoms with Crippen LogP contribution in [-0.2, 0) is 0 Å². The van der Waals surface area contributed by atoms with Gasteiger partial charge in [0.15, 0.2) is 0 Å². The summed E-state index contributed by atoms with van der Waals surface area (Å²) in [6.07, 6.45) is 0. The van der Waals surface area contributed by atoms with Crippen LogP contribution in [0.15, 0.2) is 47.4 Å². The Labute approximate surface area is 126 Å². The van der Waals surface area contributed by atoms with Crippen LogP contribution >= 0.6 is 11.8 Å². The molecule has 21 heavy (non-hydrogen) atoms. The molecule has 0 saturated carbocycles. The molecule has 2 aromatic carbocycles. The predicted octanol–water partition coefficient (Wildman–Crippen LogP) is 3.73. The Hall–Kier alpha value is -2.34. The molecule has 0 atom stereocenters. The second kappa shape index (κ2) is 6.90. The van der Waals surface area contributed by atoms with Gasteiger partial charge in [0.25, 0.3) is 5.24 Å². The summed E-state index contributed by atoms with van der Waals surface area (Å²) in [5, 5.41) is 12.1. The van der Waals surface area contributed by atoms with Crippen LogP contribution in [0.5, 0.6) is 17.2 Å². The lowest BCUT2D eigenvalue weighted by Crippen LogP contribution is -2.06. The van der Waals surface area contributed by atoms with Crippen molar-refractivity contribution in [1.29, 1.82) is 0 Å². The fourth-order valence-corrected chi connectivity index (χ4v) is 2.37. The van der Waals surface area contributed by atoms with E-state index in [0.717, 1.165) is 11.8 Å². The minimum Gasteiger partial charge on any atom is -0.507 e. The Bertz CT molecular complexity index is 645. The summed E-state index contributed by atoms with van der Waals surface area (Å²) in [4.78, 5) is 12.5. The molecule has 0 saturated heterocycles. The van der Waals surface area contributed by atoms with Gasteiger partial charge >= 0.3 is 0 Å². The molecule has 0 spiro atoms. The Morgan fingerprint density at radius 1 is 1.14 bits per heavy atom. The fourth-order valence-electron chi connectivity index (χ4n) is 1.69. The number of anilines is 1. The number of carbonyl (C=O) groups is 1. The number of para-hydroxylation sites is 1. The third-order valence-electron chi connectivity index (χ3n) is 2.71. The van der Waals surface area contributed by atoms with Gasteiger partial charge in [-0.25, -0.2) is 0 Å². The second-order valence-corrected chi connectivity index (χ2v) is 5.06. The minimum absolute atomic E-state index is 0.0651. The molecular weight excluding hydrogens is 290 g/mol. The number of nitrogens with one attached hydrogen (secondary N) is 1. The van der Waals surface area contributed by atoms with Gasteiger partial charge in [0.1, 0.15) is 17.2 Å². The normalized spacial score (nSPS) is 10.0. The van der Waals surface area contributed by atoms with Crippen molar-refractivity contribution in [3.05, 3.63) is 42.5 Å². The Morgan fingerprint density at radius 3 is 2.57 bits per heavy atom. The first-order valence-corrected chi connectivity index (χ1v) is 6.94. The quantitative estimate of drug-likeness (QED) is 0.842. The van der Waals surface area contributed by atoms with Crippen molar-refractivity contribution in [3.63, 3.8) is 0 Å². The Morgan fingerprint density at radius 2 is 1.90 bits per heavy atom. The fraction of sp³-hybridized carbons (Fsp3) is 0.133. The van der Waals surface area contributed by atoms with Crippen LogP contribution in [0.2, 0.25) is 0 Å². The number of methoxy groups -OCH3 is 2. The van der Waals surface area contributed by atoms with Gasteiger partial charge in [-0.15, -0.1) is 0 Å². The molecule has 0 unspecified atom stereocenters. The highest BCUT2D eigenvalue weighted by Crippen LogP contribution is 2.33. The number of hydrogen-bond donors (Lipinski definition) is 2. The topological polar surface area (TPSA) is 67.8 Å². The molecule has 0 radical (unpaired) electrons. The first kappa shape index (κ1) is 15.1. The monoisotopic (exact) mass is 305 g/mol. The van der Waals surface area contributed by atoms with Gasteiger partial charge < -0.3 is 19.9 Å². The molecule has 2 rings (SSSR count). The molecule has 110 valence electrons. The summed E-state index contributed by atoms with van der Waals surface area (Å²) in [6, 6.07) is 11.8. The van der Waals surface area contributed by atoms with Crippen LogP contribution in [0, 0.1) is 0 Å². The third kappa shape index (κ3) is 3.82. The maximum absolute atomic E-state index is 12.0. The summed E-state index contributed by atoms with van der Waals surface area (Å²) < 4.78 is 10.3. The van der Waals surface area contributed by atoms with E-state index < -0.39 is 0 Å². The zero-order valence-corrected chi connectivity index (χ0v) is 12.4. The standard InChI is InChI=1S/C15H15NO4S/c1-19-10-7-8-13(20-2)11(9-10)16-15(18)21-14-6-4-3-5-12(14)17/h3-9,17H,1-2H3,(H,16,18). The highest BCUT2D eigenvalue weighted by atomic mass is 32.2. The number of amides is 1. The number of phenolic OH excluding ortho intramolecular Hbond substituents is 1. The number of phenols is 1. The summed E-state index contributed by atoms with van der Waals surface area (Å²) >= 11 is 0.901. The summed E-state index contributed by atoms with van der Waals surface area (Å²) in [7, 11) is 3.07. The number of aromatic hydroxyl groups is 1. The van der Waals surface area contributed by atoms with Gasteiger partial charge in [-0.2, -0.15) is 0 Å². The highest BCUT2D eigenvalue weighted by molar-refractivity contribution is 8.14. The van der Waals surface area contributed by atoms with E-state index >= 15 is 0 Å². The first-order chi connectivity index (χ1) is 10.1. The summed E-state index contributed by atoms with van der Waals surface area (Å²) in [5.74, 6) is 1.20. The predicted molar refractivity (Wildman–Crippen MR) is 82.5 cm³/mol. The molecule has 1 amide bonds. The van der Waals surface area contributed by atoms with E-state index in [4.69, 9.17) is 9.47 Å². The smallest absolute Gasteiger partial charge is 0.288 e. The molecule has 0 aliphatic carbocycles.